The van der Waals surface area contributed by atoms with Crippen LogP contribution in [-0.2, 0) is 4.79 Å². The molecule has 0 saturated carbocycles. The van der Waals surface area contributed by atoms with Crippen LogP contribution in [0.5, 0.6) is 5.75 Å². The van der Waals surface area contributed by atoms with Gasteiger partial charge >= 0.3 is 0 Å². The van der Waals surface area contributed by atoms with Crippen LogP contribution in [0.3, 0.4) is 0 Å². The third-order valence-electron chi connectivity index (χ3n) is 4.19. The first-order chi connectivity index (χ1) is 14.1. The lowest BCUT2D eigenvalue weighted by atomic mass is 10.3. The van der Waals surface area contributed by atoms with E-state index in [2.05, 4.69) is 61.7 Å². The number of nitrogens with one attached hydrogen (secondary N) is 1. The fourth-order valence-electron chi connectivity index (χ4n) is 2.86. The number of ether oxygens (including phenoxy) is 1. The second kappa shape index (κ2) is 8.87. The van der Waals surface area contributed by atoms with Gasteiger partial charge in [-0.2, -0.15) is 0 Å². The van der Waals surface area contributed by atoms with Crippen LogP contribution in [0.1, 0.15) is 12.6 Å². The van der Waals surface area contributed by atoms with Gasteiger partial charge < -0.3 is 14.6 Å². The van der Waals surface area contributed by atoms with Gasteiger partial charge in [0, 0.05) is 21.1 Å². The van der Waals surface area contributed by atoms with E-state index in [1.165, 1.54) is 15.3 Å². The minimum Gasteiger partial charge on any atom is -0.494 e. The predicted molar refractivity (Wildman–Crippen MR) is 127 cm³/mol. The van der Waals surface area contributed by atoms with Crippen molar-refractivity contribution in [1.82, 2.24) is 9.88 Å². The number of thioether (sulfide) groups is 1. The first-order valence-electron chi connectivity index (χ1n) is 9.08. The zero-order valence-corrected chi connectivity index (χ0v) is 18.6. The van der Waals surface area contributed by atoms with E-state index in [1.54, 1.807) is 0 Å². The zero-order valence-electron chi connectivity index (χ0n) is 15.6. The molecule has 0 spiro atoms. The molecule has 2 aromatic carbocycles. The van der Waals surface area contributed by atoms with Crippen molar-refractivity contribution in [1.29, 1.82) is 0 Å². The molecule has 3 aromatic rings. The molecule has 146 valence electrons. The number of nitrogens with zero attached hydrogens (tertiary/aromatic N) is 2. The molecule has 1 aliphatic heterocycles. The van der Waals surface area contributed by atoms with Gasteiger partial charge in [0.2, 0.25) is 0 Å². The molecule has 0 radical (unpaired) electrons. The number of aromatic nitrogens is 1. The molecule has 1 aliphatic rings. The fourth-order valence-corrected chi connectivity index (χ4v) is 4.05. The summed E-state index contributed by atoms with van der Waals surface area (Å²) in [5.74, 6) is 0.659. The van der Waals surface area contributed by atoms with Crippen LogP contribution in [0, 0.1) is 3.57 Å². The first-order valence-corrected chi connectivity index (χ1v) is 11.0. The first kappa shape index (κ1) is 19.8. The summed E-state index contributed by atoms with van der Waals surface area (Å²) < 4.78 is 8.68. The monoisotopic (exact) mass is 515 g/mol. The molecule has 4 rings (SSSR count). The van der Waals surface area contributed by atoms with Gasteiger partial charge in [0.05, 0.1) is 17.2 Å². The summed E-state index contributed by atoms with van der Waals surface area (Å²) in [6, 6.07) is 19.7. The molecule has 7 heteroatoms. The quantitative estimate of drug-likeness (QED) is 0.367. The van der Waals surface area contributed by atoms with Crippen molar-refractivity contribution >= 4 is 57.2 Å². The highest BCUT2D eigenvalue weighted by atomic mass is 127. The molecule has 1 aromatic heterocycles. The van der Waals surface area contributed by atoms with Crippen molar-refractivity contribution in [2.24, 2.45) is 4.99 Å². The minimum absolute atomic E-state index is 0.143. The summed E-state index contributed by atoms with van der Waals surface area (Å²) in [6.07, 6.45) is 3.87. The second-order valence-electron chi connectivity index (χ2n) is 6.19. The molecule has 0 atom stereocenters. The molecule has 0 bridgehead atoms. The van der Waals surface area contributed by atoms with Crippen LogP contribution in [0.25, 0.3) is 11.8 Å². The van der Waals surface area contributed by atoms with Crippen molar-refractivity contribution in [3.05, 3.63) is 81.0 Å². The Morgan fingerprint density at radius 1 is 1.14 bits per heavy atom. The summed E-state index contributed by atoms with van der Waals surface area (Å²) in [4.78, 5) is 17.6. The molecule has 5 nitrogen and oxygen atoms in total. The van der Waals surface area contributed by atoms with E-state index in [1.807, 2.05) is 55.6 Å². The van der Waals surface area contributed by atoms with E-state index in [9.17, 15) is 4.79 Å². The molecule has 0 unspecified atom stereocenters. The summed E-state index contributed by atoms with van der Waals surface area (Å²) in [6.45, 7) is 2.57. The number of hydrogen-bond donors (Lipinski definition) is 1. The Hall–Kier alpha value is -2.52. The molecule has 2 heterocycles. The molecule has 1 N–H and O–H groups in total. The van der Waals surface area contributed by atoms with Crippen molar-refractivity contribution in [3.63, 3.8) is 0 Å². The molecular formula is C22H18IN3O2S. The summed E-state index contributed by atoms with van der Waals surface area (Å²) >= 11 is 3.62. The van der Waals surface area contributed by atoms with E-state index in [0.29, 0.717) is 16.7 Å². The van der Waals surface area contributed by atoms with Crippen LogP contribution in [0.4, 0.5) is 5.69 Å². The maximum Gasteiger partial charge on any atom is 0.264 e. The van der Waals surface area contributed by atoms with Gasteiger partial charge in [-0.15, -0.1) is 0 Å². The van der Waals surface area contributed by atoms with Crippen LogP contribution in [-0.4, -0.2) is 22.2 Å². The molecular weight excluding hydrogens is 497 g/mol. The number of carbonyl (C=O) groups excluding carboxylic acids is 1. The van der Waals surface area contributed by atoms with Crippen LogP contribution in [0.2, 0.25) is 0 Å². The lowest BCUT2D eigenvalue weighted by Gasteiger charge is -2.07. The van der Waals surface area contributed by atoms with Gasteiger partial charge in [-0.05, 0) is 108 Å². The molecule has 1 saturated heterocycles. The van der Waals surface area contributed by atoms with E-state index in [-0.39, 0.29) is 5.91 Å². The number of halogens is 1. The third kappa shape index (κ3) is 4.73. The van der Waals surface area contributed by atoms with Crippen molar-refractivity contribution in [3.8, 4) is 11.4 Å². The maximum atomic E-state index is 12.4. The van der Waals surface area contributed by atoms with Crippen molar-refractivity contribution < 1.29 is 9.53 Å². The van der Waals surface area contributed by atoms with Crippen LogP contribution >= 0.6 is 34.4 Å². The van der Waals surface area contributed by atoms with E-state index in [0.717, 1.165) is 22.8 Å². The predicted octanol–water partition coefficient (Wildman–Crippen LogP) is 5.37. The smallest absolute Gasteiger partial charge is 0.264 e. The number of aliphatic imine (C=N–C) groups is 1. The Morgan fingerprint density at radius 2 is 1.90 bits per heavy atom. The topological polar surface area (TPSA) is 55.6 Å². The molecule has 1 amide bonds. The van der Waals surface area contributed by atoms with Gasteiger partial charge in [-0.3, -0.25) is 4.79 Å². The molecule has 0 aliphatic carbocycles. The Labute approximate surface area is 187 Å². The zero-order chi connectivity index (χ0) is 20.2. The average Bonchev–Trinajstić information content (AvgIpc) is 3.31. The summed E-state index contributed by atoms with van der Waals surface area (Å²) in [7, 11) is 0. The summed E-state index contributed by atoms with van der Waals surface area (Å²) in [5.41, 5.74) is 2.75. The van der Waals surface area contributed by atoms with Crippen LogP contribution in [0.15, 0.2) is 76.8 Å². The maximum absolute atomic E-state index is 12.4. The number of rotatable bonds is 5. The number of carbonyl (C=O) groups is 1. The fraction of sp³-hybridized carbons (Fsp3) is 0.0909. The van der Waals surface area contributed by atoms with E-state index >= 15 is 0 Å². The van der Waals surface area contributed by atoms with Crippen molar-refractivity contribution in [2.45, 2.75) is 6.92 Å². The second-order valence-corrected chi connectivity index (χ2v) is 8.46. The highest BCUT2D eigenvalue weighted by Gasteiger charge is 2.24. The van der Waals surface area contributed by atoms with Gasteiger partial charge in [-0.25, -0.2) is 4.99 Å². The number of amides is 1. The third-order valence-corrected chi connectivity index (χ3v) is 5.82. The van der Waals surface area contributed by atoms with E-state index < -0.39 is 0 Å². The van der Waals surface area contributed by atoms with Gasteiger partial charge in [-0.1, -0.05) is 0 Å². The van der Waals surface area contributed by atoms with Gasteiger partial charge in [0.1, 0.15) is 5.75 Å². The van der Waals surface area contributed by atoms with Crippen molar-refractivity contribution in [2.75, 3.05) is 6.61 Å². The number of amidine groups is 1. The number of benzene rings is 2. The lowest BCUT2D eigenvalue weighted by Crippen LogP contribution is -2.19. The largest absolute Gasteiger partial charge is 0.494 e. The van der Waals surface area contributed by atoms with Gasteiger partial charge in [0.15, 0.2) is 5.17 Å². The lowest BCUT2D eigenvalue weighted by molar-refractivity contribution is -0.115. The number of hydrogen-bond acceptors (Lipinski definition) is 4. The molecule has 1 fully saturated rings. The minimum atomic E-state index is -0.143. The van der Waals surface area contributed by atoms with E-state index in [4.69, 9.17) is 4.74 Å². The Kier molecular flexibility index (Phi) is 6.05. The standard InChI is InChI=1S/C22H18IN3O2S/c1-2-28-19-11-7-16(8-12-19)24-22-25-21(27)20(29-22)14-18-4-3-13-26(18)17-9-5-15(23)6-10-17/h3-14H,2H2,1H3,(H,24,25,27)/b20-14+. The molecule has 29 heavy (non-hydrogen) atoms. The Morgan fingerprint density at radius 3 is 2.62 bits per heavy atom. The Bertz CT molecular complexity index is 1090. The average molecular weight is 515 g/mol. The highest BCUT2D eigenvalue weighted by molar-refractivity contribution is 14.1. The van der Waals surface area contributed by atoms with Gasteiger partial charge in [0.25, 0.3) is 5.91 Å². The highest BCUT2D eigenvalue weighted by Crippen LogP contribution is 2.29. The summed E-state index contributed by atoms with van der Waals surface area (Å²) in [5, 5.41) is 3.40. The Balaban J connectivity index is 1.55. The SMILES string of the molecule is CCOc1ccc(N=C2NC(=O)/C(=C\c3cccn3-c3ccc(I)cc3)S2)cc1. The normalized spacial score (nSPS) is 16.4. The van der Waals surface area contributed by atoms with Crippen LogP contribution < -0.4 is 10.1 Å².